The minimum Gasteiger partial charge on any atom is -0.484 e. The Bertz CT molecular complexity index is 573. The van der Waals surface area contributed by atoms with Crippen molar-refractivity contribution in [1.82, 2.24) is 10.6 Å². The number of likely N-dealkylation sites (N-methyl/N-ethyl adjacent to an activating group) is 1. The molecule has 1 aromatic rings. The van der Waals surface area contributed by atoms with Gasteiger partial charge in [-0.3, -0.25) is 9.59 Å². The number of carbonyl (C=O) groups excluding carboxylic acids is 2. The van der Waals surface area contributed by atoms with Crippen molar-refractivity contribution >= 4 is 11.8 Å². The molecule has 7 nitrogen and oxygen atoms in total. The van der Waals surface area contributed by atoms with Crippen molar-refractivity contribution in [3.05, 3.63) is 29.8 Å². The minimum atomic E-state index is -0.513. The molecule has 0 saturated carbocycles. The van der Waals surface area contributed by atoms with E-state index in [-0.39, 0.29) is 24.3 Å². The zero-order valence-corrected chi connectivity index (χ0v) is 14.6. The highest BCUT2D eigenvalue weighted by molar-refractivity contribution is 5.81. The van der Waals surface area contributed by atoms with Gasteiger partial charge in [-0.15, -0.1) is 0 Å². The van der Waals surface area contributed by atoms with Crippen LogP contribution in [0.2, 0.25) is 0 Å². The highest BCUT2D eigenvalue weighted by Gasteiger charge is 2.26. The second-order valence-corrected chi connectivity index (χ2v) is 6.08. The molecule has 1 atom stereocenters. The van der Waals surface area contributed by atoms with Crippen molar-refractivity contribution in [2.45, 2.75) is 32.4 Å². The van der Waals surface area contributed by atoms with Crippen molar-refractivity contribution in [2.75, 3.05) is 26.4 Å². The van der Waals surface area contributed by atoms with Crippen LogP contribution in [0.5, 0.6) is 5.75 Å². The summed E-state index contributed by atoms with van der Waals surface area (Å²) in [5.74, 6) is 0.441. The number of nitrogens with one attached hydrogen (secondary N) is 2. The quantitative estimate of drug-likeness (QED) is 0.637. The van der Waals surface area contributed by atoms with Gasteiger partial charge in [-0.2, -0.15) is 0 Å². The third kappa shape index (κ3) is 6.36. The lowest BCUT2D eigenvalue weighted by molar-refractivity contribution is -0.124. The van der Waals surface area contributed by atoms with Gasteiger partial charge in [0.2, 0.25) is 5.91 Å². The first-order valence-corrected chi connectivity index (χ1v) is 8.69. The Balaban J connectivity index is 1.80. The lowest BCUT2D eigenvalue weighted by atomic mass is 9.92. The molecule has 2 amide bonds. The standard InChI is InChI=1S/C18H27N3O4/c1-2-20-16(22)12-25-15-5-3-4-13(10-15)11-21-18(23)17(19)14-6-8-24-9-7-14/h3-5,10,14,17H,2,6-9,11-12,19H2,1H3,(H,20,22)(H,21,23). The van der Waals surface area contributed by atoms with Crippen LogP contribution in [0.3, 0.4) is 0 Å². The highest BCUT2D eigenvalue weighted by atomic mass is 16.5. The summed E-state index contributed by atoms with van der Waals surface area (Å²) in [6, 6.07) is 6.78. The maximum absolute atomic E-state index is 12.2. The van der Waals surface area contributed by atoms with E-state index in [0.717, 1.165) is 18.4 Å². The Labute approximate surface area is 148 Å². The zero-order chi connectivity index (χ0) is 18.1. The van der Waals surface area contributed by atoms with Crippen LogP contribution in [0.15, 0.2) is 24.3 Å². The Morgan fingerprint density at radius 1 is 1.32 bits per heavy atom. The molecular formula is C18H27N3O4. The van der Waals surface area contributed by atoms with Gasteiger partial charge in [0.15, 0.2) is 6.61 Å². The largest absolute Gasteiger partial charge is 0.484 e. The van der Waals surface area contributed by atoms with Crippen LogP contribution in [-0.4, -0.2) is 44.2 Å². The predicted octanol–water partition coefficient (Wildman–Crippen LogP) is 0.572. The number of hydrogen-bond acceptors (Lipinski definition) is 5. The van der Waals surface area contributed by atoms with Crippen LogP contribution in [0, 0.1) is 5.92 Å². The van der Waals surface area contributed by atoms with Crippen LogP contribution in [0.25, 0.3) is 0 Å². The monoisotopic (exact) mass is 349 g/mol. The van der Waals surface area contributed by atoms with E-state index in [4.69, 9.17) is 15.2 Å². The predicted molar refractivity (Wildman–Crippen MR) is 94.0 cm³/mol. The topological polar surface area (TPSA) is 103 Å². The molecule has 1 aromatic carbocycles. The number of carbonyl (C=O) groups is 2. The maximum Gasteiger partial charge on any atom is 0.257 e. The van der Waals surface area contributed by atoms with Crippen molar-refractivity contribution in [3.8, 4) is 5.75 Å². The van der Waals surface area contributed by atoms with Gasteiger partial charge in [-0.25, -0.2) is 0 Å². The number of amides is 2. The number of rotatable bonds is 8. The maximum atomic E-state index is 12.2. The number of ether oxygens (including phenoxy) is 2. The molecule has 0 spiro atoms. The number of hydrogen-bond donors (Lipinski definition) is 3. The Hall–Kier alpha value is -2.12. The molecular weight excluding hydrogens is 322 g/mol. The summed E-state index contributed by atoms with van der Waals surface area (Å²) >= 11 is 0. The fraction of sp³-hybridized carbons (Fsp3) is 0.556. The van der Waals surface area contributed by atoms with Crippen LogP contribution < -0.4 is 21.1 Å². The molecule has 1 unspecified atom stereocenters. The molecule has 0 aromatic heterocycles. The van der Waals surface area contributed by atoms with Gasteiger partial charge >= 0.3 is 0 Å². The molecule has 4 N–H and O–H groups in total. The van der Waals surface area contributed by atoms with Gasteiger partial charge in [-0.05, 0) is 43.4 Å². The van der Waals surface area contributed by atoms with Crippen LogP contribution in [-0.2, 0) is 20.9 Å². The average molecular weight is 349 g/mol. The average Bonchev–Trinajstić information content (AvgIpc) is 2.65. The first-order chi connectivity index (χ1) is 12.1. The zero-order valence-electron chi connectivity index (χ0n) is 14.6. The third-order valence-electron chi connectivity index (χ3n) is 4.19. The van der Waals surface area contributed by atoms with Crippen LogP contribution in [0.1, 0.15) is 25.3 Å². The highest BCUT2D eigenvalue weighted by Crippen LogP contribution is 2.18. The van der Waals surface area contributed by atoms with Gasteiger partial charge in [0.05, 0.1) is 6.04 Å². The molecule has 1 aliphatic heterocycles. The smallest absolute Gasteiger partial charge is 0.257 e. The van der Waals surface area contributed by atoms with Gasteiger partial charge in [0.25, 0.3) is 5.91 Å². The van der Waals surface area contributed by atoms with Crippen LogP contribution >= 0.6 is 0 Å². The number of benzene rings is 1. The summed E-state index contributed by atoms with van der Waals surface area (Å²) in [5.41, 5.74) is 6.95. The van der Waals surface area contributed by atoms with Crippen LogP contribution in [0.4, 0.5) is 0 Å². The van der Waals surface area contributed by atoms with Crippen molar-refractivity contribution in [3.63, 3.8) is 0 Å². The van der Waals surface area contributed by atoms with E-state index in [1.54, 1.807) is 12.1 Å². The second-order valence-electron chi connectivity index (χ2n) is 6.08. The van der Waals surface area contributed by atoms with E-state index in [2.05, 4.69) is 10.6 Å². The molecule has 25 heavy (non-hydrogen) atoms. The van der Waals surface area contributed by atoms with E-state index in [1.807, 2.05) is 19.1 Å². The minimum absolute atomic E-state index is 0.0295. The van der Waals surface area contributed by atoms with Crippen molar-refractivity contribution in [1.29, 1.82) is 0 Å². The lowest BCUT2D eigenvalue weighted by Crippen LogP contribution is -2.46. The molecule has 0 aliphatic carbocycles. The van der Waals surface area contributed by atoms with E-state index in [1.165, 1.54) is 0 Å². The summed E-state index contributed by atoms with van der Waals surface area (Å²) in [6.07, 6.45) is 1.63. The molecule has 0 bridgehead atoms. The second kappa shape index (κ2) is 10.0. The van der Waals surface area contributed by atoms with Gasteiger partial charge < -0.3 is 25.8 Å². The Morgan fingerprint density at radius 2 is 2.08 bits per heavy atom. The van der Waals surface area contributed by atoms with Crippen molar-refractivity contribution in [2.24, 2.45) is 11.7 Å². The van der Waals surface area contributed by atoms with E-state index >= 15 is 0 Å². The SMILES string of the molecule is CCNC(=O)COc1cccc(CNC(=O)C(N)C2CCOCC2)c1. The van der Waals surface area contributed by atoms with E-state index in [0.29, 0.717) is 32.1 Å². The summed E-state index contributed by atoms with van der Waals surface area (Å²) < 4.78 is 10.7. The van der Waals surface area contributed by atoms with Gasteiger partial charge in [0, 0.05) is 26.3 Å². The fourth-order valence-corrected chi connectivity index (χ4v) is 2.74. The normalized spacial score (nSPS) is 16.1. The molecule has 1 heterocycles. The molecule has 1 aliphatic rings. The molecule has 0 radical (unpaired) electrons. The molecule has 1 saturated heterocycles. The van der Waals surface area contributed by atoms with E-state index < -0.39 is 6.04 Å². The summed E-state index contributed by atoms with van der Waals surface area (Å²) in [6.45, 7) is 4.09. The molecule has 2 rings (SSSR count). The first kappa shape index (κ1) is 19.2. The van der Waals surface area contributed by atoms with Crippen molar-refractivity contribution < 1.29 is 19.1 Å². The third-order valence-corrected chi connectivity index (χ3v) is 4.19. The molecule has 7 heteroatoms. The summed E-state index contributed by atoms with van der Waals surface area (Å²) in [5, 5.41) is 5.54. The lowest BCUT2D eigenvalue weighted by Gasteiger charge is -2.26. The fourth-order valence-electron chi connectivity index (χ4n) is 2.74. The van der Waals surface area contributed by atoms with Gasteiger partial charge in [-0.1, -0.05) is 12.1 Å². The van der Waals surface area contributed by atoms with E-state index in [9.17, 15) is 9.59 Å². The number of nitrogens with two attached hydrogens (primary N) is 1. The Morgan fingerprint density at radius 3 is 2.80 bits per heavy atom. The molecule has 138 valence electrons. The first-order valence-electron chi connectivity index (χ1n) is 8.69. The summed E-state index contributed by atoms with van der Waals surface area (Å²) in [4.78, 5) is 23.7. The van der Waals surface area contributed by atoms with Gasteiger partial charge in [0.1, 0.15) is 5.75 Å². The molecule has 1 fully saturated rings. The Kier molecular flexibility index (Phi) is 7.69. The summed E-state index contributed by atoms with van der Waals surface area (Å²) in [7, 11) is 0.